The Morgan fingerprint density at radius 1 is 1.12 bits per heavy atom. The molecule has 0 bridgehead atoms. The molecular formula is C23H23N3. The molecule has 1 aliphatic rings. The molecule has 3 nitrogen and oxygen atoms in total. The maximum absolute atomic E-state index is 4.74. The van der Waals surface area contributed by atoms with Gasteiger partial charge in [-0.15, -0.1) is 0 Å². The van der Waals surface area contributed by atoms with Gasteiger partial charge in [-0.05, 0) is 19.3 Å². The van der Waals surface area contributed by atoms with E-state index in [0.29, 0.717) is 23.4 Å². The van der Waals surface area contributed by atoms with E-state index in [2.05, 4.69) is 31.7 Å². The largest absolute Gasteiger partial charge is 0.208 e. The molecule has 0 saturated carbocycles. The summed E-state index contributed by atoms with van der Waals surface area (Å²) in [4.78, 5) is 14.2. The molecule has 1 atom stereocenters. The monoisotopic (exact) mass is 341 g/mol. The first kappa shape index (κ1) is 17.7. The van der Waals surface area contributed by atoms with Crippen molar-refractivity contribution in [1.29, 1.82) is 0 Å². The first-order chi connectivity index (χ1) is 12.7. The number of aromatic nitrogens is 3. The van der Waals surface area contributed by atoms with E-state index < -0.39 is 0 Å². The van der Waals surface area contributed by atoms with Gasteiger partial charge in [-0.3, -0.25) is 0 Å². The molecule has 0 saturated heterocycles. The highest BCUT2D eigenvalue weighted by molar-refractivity contribution is 5.76. The predicted molar refractivity (Wildman–Crippen MR) is 109 cm³/mol. The predicted octanol–water partition coefficient (Wildman–Crippen LogP) is 5.66. The van der Waals surface area contributed by atoms with E-state index in [1.807, 2.05) is 55.5 Å². The van der Waals surface area contributed by atoms with Gasteiger partial charge in [-0.25, -0.2) is 15.0 Å². The van der Waals surface area contributed by atoms with Crippen LogP contribution in [-0.2, 0) is 0 Å². The molecule has 1 aromatic carbocycles. The van der Waals surface area contributed by atoms with E-state index in [-0.39, 0.29) is 0 Å². The van der Waals surface area contributed by atoms with Crippen molar-refractivity contribution in [3.05, 3.63) is 91.1 Å². The summed E-state index contributed by atoms with van der Waals surface area (Å²) in [5.41, 5.74) is 2.93. The third-order valence-electron chi connectivity index (χ3n) is 4.14. The van der Waals surface area contributed by atoms with E-state index in [9.17, 15) is 0 Å². The van der Waals surface area contributed by atoms with Crippen molar-refractivity contribution < 1.29 is 0 Å². The molecule has 3 rings (SSSR count). The maximum Gasteiger partial charge on any atom is 0.164 e. The molecule has 0 aliphatic heterocycles. The summed E-state index contributed by atoms with van der Waals surface area (Å²) >= 11 is 0. The van der Waals surface area contributed by atoms with Crippen molar-refractivity contribution in [2.24, 2.45) is 5.92 Å². The highest BCUT2D eigenvalue weighted by atomic mass is 15.0. The van der Waals surface area contributed by atoms with Crippen molar-refractivity contribution in [3.63, 3.8) is 0 Å². The highest BCUT2D eigenvalue weighted by Gasteiger charge is 2.14. The van der Waals surface area contributed by atoms with Gasteiger partial charge in [0.15, 0.2) is 17.5 Å². The molecule has 0 amide bonds. The third kappa shape index (κ3) is 4.12. The molecule has 1 heterocycles. The normalized spacial score (nSPS) is 17.4. The van der Waals surface area contributed by atoms with Crippen LogP contribution in [0.5, 0.6) is 0 Å². The van der Waals surface area contributed by atoms with Crippen molar-refractivity contribution in [3.8, 4) is 11.4 Å². The zero-order valence-corrected chi connectivity index (χ0v) is 15.3. The van der Waals surface area contributed by atoms with Crippen LogP contribution in [0.2, 0.25) is 0 Å². The summed E-state index contributed by atoms with van der Waals surface area (Å²) < 4.78 is 0. The van der Waals surface area contributed by atoms with Crippen molar-refractivity contribution >= 4 is 11.1 Å². The molecule has 0 N–H and O–H groups in total. The second kappa shape index (κ2) is 8.34. The van der Waals surface area contributed by atoms with Crippen LogP contribution in [0, 0.1) is 5.92 Å². The topological polar surface area (TPSA) is 38.7 Å². The van der Waals surface area contributed by atoms with Crippen LogP contribution < -0.4 is 0 Å². The van der Waals surface area contributed by atoms with E-state index in [1.165, 1.54) is 0 Å². The van der Waals surface area contributed by atoms with Crippen LogP contribution in [0.1, 0.15) is 31.9 Å². The summed E-state index contributed by atoms with van der Waals surface area (Å²) in [6.07, 6.45) is 15.1. The standard InChI is InChI=1S/C23H23N3/c1-4-9-18(10-5-2)21-24-22(19-11-7-6-8-12-19)26-23(25-21)20-15-13-17(3)14-16-20/h4-13,15-17H,1,14H2,2-3H3/b10-5-,18-9+. The van der Waals surface area contributed by atoms with Gasteiger partial charge in [-0.1, -0.05) is 86.4 Å². The fourth-order valence-electron chi connectivity index (χ4n) is 2.75. The average molecular weight is 341 g/mol. The van der Waals surface area contributed by atoms with Gasteiger partial charge in [0.25, 0.3) is 0 Å². The number of rotatable bonds is 5. The van der Waals surface area contributed by atoms with Gasteiger partial charge in [0, 0.05) is 16.7 Å². The zero-order valence-electron chi connectivity index (χ0n) is 15.3. The van der Waals surface area contributed by atoms with E-state index in [4.69, 9.17) is 15.0 Å². The van der Waals surface area contributed by atoms with Crippen LogP contribution in [0.25, 0.3) is 22.5 Å². The van der Waals surface area contributed by atoms with Gasteiger partial charge in [0.05, 0.1) is 0 Å². The van der Waals surface area contributed by atoms with Crippen LogP contribution in [0.4, 0.5) is 0 Å². The van der Waals surface area contributed by atoms with Crippen LogP contribution in [-0.4, -0.2) is 15.0 Å². The molecule has 3 heteroatoms. The molecule has 26 heavy (non-hydrogen) atoms. The molecule has 1 aromatic heterocycles. The summed E-state index contributed by atoms with van der Waals surface area (Å²) in [5, 5.41) is 0. The number of allylic oxidation sites excluding steroid dienone is 9. The summed E-state index contributed by atoms with van der Waals surface area (Å²) in [6.45, 7) is 7.99. The summed E-state index contributed by atoms with van der Waals surface area (Å²) in [7, 11) is 0. The van der Waals surface area contributed by atoms with Crippen molar-refractivity contribution in [2.75, 3.05) is 0 Å². The van der Waals surface area contributed by atoms with E-state index in [0.717, 1.165) is 23.1 Å². The van der Waals surface area contributed by atoms with E-state index >= 15 is 0 Å². The summed E-state index contributed by atoms with van der Waals surface area (Å²) in [6, 6.07) is 10.0. The zero-order chi connectivity index (χ0) is 18.4. The molecule has 0 radical (unpaired) electrons. The Morgan fingerprint density at radius 2 is 1.88 bits per heavy atom. The second-order valence-electron chi connectivity index (χ2n) is 6.26. The maximum atomic E-state index is 4.74. The first-order valence-electron chi connectivity index (χ1n) is 8.87. The number of nitrogens with zero attached hydrogens (tertiary/aromatic N) is 3. The Bertz CT molecular complexity index is 902. The summed E-state index contributed by atoms with van der Waals surface area (Å²) in [5.74, 6) is 2.59. The molecular weight excluding hydrogens is 318 g/mol. The Hall–Kier alpha value is -3.07. The van der Waals surface area contributed by atoms with Crippen LogP contribution in [0.3, 0.4) is 0 Å². The van der Waals surface area contributed by atoms with E-state index in [1.54, 1.807) is 6.08 Å². The lowest BCUT2D eigenvalue weighted by Gasteiger charge is -2.13. The Morgan fingerprint density at radius 3 is 2.54 bits per heavy atom. The lowest BCUT2D eigenvalue weighted by Crippen LogP contribution is -2.05. The molecule has 2 aromatic rings. The number of benzene rings is 1. The van der Waals surface area contributed by atoms with Gasteiger partial charge in [0.2, 0.25) is 0 Å². The van der Waals surface area contributed by atoms with Crippen molar-refractivity contribution in [1.82, 2.24) is 15.0 Å². The smallest absolute Gasteiger partial charge is 0.164 e. The van der Waals surface area contributed by atoms with Crippen LogP contribution >= 0.6 is 0 Å². The van der Waals surface area contributed by atoms with Gasteiger partial charge < -0.3 is 0 Å². The van der Waals surface area contributed by atoms with Crippen molar-refractivity contribution in [2.45, 2.75) is 20.3 Å². The lowest BCUT2D eigenvalue weighted by atomic mass is 9.98. The number of hydrogen-bond acceptors (Lipinski definition) is 3. The average Bonchev–Trinajstić information content (AvgIpc) is 2.69. The lowest BCUT2D eigenvalue weighted by molar-refractivity contribution is 0.738. The molecule has 1 aliphatic carbocycles. The highest BCUT2D eigenvalue weighted by Crippen LogP contribution is 2.25. The molecule has 0 spiro atoms. The van der Waals surface area contributed by atoms with Crippen LogP contribution in [0.15, 0.2) is 79.4 Å². The SMILES string of the molecule is C=C/C=C(\C=C/C)c1nc(C2=CCC(C)C=C2)nc(-c2ccccc2)n1. The van der Waals surface area contributed by atoms with Gasteiger partial charge >= 0.3 is 0 Å². The molecule has 1 unspecified atom stereocenters. The van der Waals surface area contributed by atoms with Gasteiger partial charge in [0.1, 0.15) is 0 Å². The Balaban J connectivity index is 2.15. The minimum absolute atomic E-state index is 0.549. The molecule has 0 fully saturated rings. The minimum atomic E-state index is 0.549. The van der Waals surface area contributed by atoms with Gasteiger partial charge in [-0.2, -0.15) is 0 Å². The quantitative estimate of drug-likeness (QED) is 0.658. The third-order valence-corrected chi connectivity index (χ3v) is 4.14. The number of hydrogen-bond donors (Lipinski definition) is 0. The fraction of sp³-hybridized carbons (Fsp3) is 0.174. The fourth-order valence-corrected chi connectivity index (χ4v) is 2.75. The Labute approximate surface area is 155 Å². The Kier molecular flexibility index (Phi) is 5.69. The minimum Gasteiger partial charge on any atom is -0.208 e. The first-order valence-corrected chi connectivity index (χ1v) is 8.87. The molecule has 130 valence electrons. The second-order valence-corrected chi connectivity index (χ2v) is 6.26.